The van der Waals surface area contributed by atoms with Gasteiger partial charge in [-0.1, -0.05) is 54.0 Å². The smallest absolute Gasteiger partial charge is 0.241 e. The first-order valence-electron chi connectivity index (χ1n) is 12.7. The standard InChI is InChI=1S/C28H36N4O3/c1-3-17-34-25-14-5-4-10-22(25)12-7-15-29-28(33)24-13-8-16-32(19-24)20-26-30-27(31-35-26)23-11-6-9-21(2)18-23/h4-6,9-11,14,18,24H,3,7-8,12-13,15-17,19-20H2,1-2H3,(H,29,33). The molecule has 35 heavy (non-hydrogen) atoms. The number of carbonyl (C=O) groups is 1. The molecular formula is C28H36N4O3. The molecule has 7 heteroatoms. The van der Waals surface area contributed by atoms with Crippen molar-refractivity contribution in [3.8, 4) is 17.1 Å². The number of hydrogen-bond donors (Lipinski definition) is 1. The molecule has 186 valence electrons. The fourth-order valence-electron chi connectivity index (χ4n) is 4.52. The molecule has 1 aromatic heterocycles. The normalized spacial score (nSPS) is 16.2. The molecular weight excluding hydrogens is 440 g/mol. The van der Waals surface area contributed by atoms with Crippen molar-refractivity contribution >= 4 is 5.91 Å². The van der Waals surface area contributed by atoms with Crippen LogP contribution in [0, 0.1) is 12.8 Å². The Balaban J connectivity index is 1.22. The number of likely N-dealkylation sites (tertiary alicyclic amines) is 1. The zero-order chi connectivity index (χ0) is 24.5. The molecule has 1 unspecified atom stereocenters. The first-order chi connectivity index (χ1) is 17.1. The van der Waals surface area contributed by atoms with Crippen molar-refractivity contribution < 1.29 is 14.1 Å². The summed E-state index contributed by atoms with van der Waals surface area (Å²) in [6.07, 6.45) is 4.66. The van der Waals surface area contributed by atoms with Gasteiger partial charge in [-0.3, -0.25) is 9.69 Å². The molecule has 1 atom stereocenters. The van der Waals surface area contributed by atoms with Crippen LogP contribution in [-0.4, -0.2) is 47.2 Å². The van der Waals surface area contributed by atoms with Crippen LogP contribution in [0.5, 0.6) is 5.75 Å². The summed E-state index contributed by atoms with van der Waals surface area (Å²) >= 11 is 0. The van der Waals surface area contributed by atoms with Gasteiger partial charge < -0.3 is 14.6 Å². The number of aryl methyl sites for hydroxylation is 2. The summed E-state index contributed by atoms with van der Waals surface area (Å²) in [5.41, 5.74) is 3.31. The van der Waals surface area contributed by atoms with Crippen molar-refractivity contribution in [1.29, 1.82) is 0 Å². The predicted molar refractivity (Wildman–Crippen MR) is 136 cm³/mol. The van der Waals surface area contributed by atoms with Gasteiger partial charge in [-0.05, 0) is 63.3 Å². The Labute approximate surface area is 207 Å². The predicted octanol–water partition coefficient (Wildman–Crippen LogP) is 4.79. The monoisotopic (exact) mass is 476 g/mol. The fraction of sp³-hybridized carbons (Fsp3) is 0.464. The maximum Gasteiger partial charge on any atom is 0.241 e. The highest BCUT2D eigenvalue weighted by Crippen LogP contribution is 2.22. The molecule has 0 aliphatic carbocycles. The summed E-state index contributed by atoms with van der Waals surface area (Å²) in [4.78, 5) is 19.6. The highest BCUT2D eigenvalue weighted by atomic mass is 16.5. The molecule has 0 radical (unpaired) electrons. The van der Waals surface area contributed by atoms with E-state index < -0.39 is 0 Å². The van der Waals surface area contributed by atoms with Gasteiger partial charge >= 0.3 is 0 Å². The number of rotatable bonds is 11. The minimum atomic E-state index is -0.0110. The van der Waals surface area contributed by atoms with Crippen molar-refractivity contribution in [2.45, 2.75) is 52.5 Å². The summed E-state index contributed by atoms with van der Waals surface area (Å²) in [5, 5.41) is 7.29. The van der Waals surface area contributed by atoms with E-state index in [0.29, 0.717) is 31.3 Å². The van der Waals surface area contributed by atoms with Crippen LogP contribution in [0.3, 0.4) is 0 Å². The van der Waals surface area contributed by atoms with Crippen LogP contribution in [0.1, 0.15) is 49.6 Å². The number of nitrogens with one attached hydrogen (secondary N) is 1. The van der Waals surface area contributed by atoms with Gasteiger partial charge in [-0.2, -0.15) is 4.98 Å². The van der Waals surface area contributed by atoms with Gasteiger partial charge in [-0.15, -0.1) is 0 Å². The lowest BCUT2D eigenvalue weighted by atomic mass is 9.97. The van der Waals surface area contributed by atoms with Crippen LogP contribution in [-0.2, 0) is 17.8 Å². The number of para-hydroxylation sites is 1. The van der Waals surface area contributed by atoms with E-state index in [1.54, 1.807) is 0 Å². The molecule has 0 spiro atoms. The quantitative estimate of drug-likeness (QED) is 0.401. The maximum atomic E-state index is 12.8. The van der Waals surface area contributed by atoms with E-state index >= 15 is 0 Å². The van der Waals surface area contributed by atoms with Crippen molar-refractivity contribution in [2.24, 2.45) is 5.92 Å². The molecule has 1 aliphatic rings. The number of ether oxygens (including phenoxy) is 1. The van der Waals surface area contributed by atoms with Crippen LogP contribution in [0.2, 0.25) is 0 Å². The highest BCUT2D eigenvalue weighted by Gasteiger charge is 2.26. The minimum Gasteiger partial charge on any atom is -0.493 e. The lowest BCUT2D eigenvalue weighted by Gasteiger charge is -2.30. The lowest BCUT2D eigenvalue weighted by molar-refractivity contribution is -0.126. The molecule has 7 nitrogen and oxygen atoms in total. The van der Waals surface area contributed by atoms with Gasteiger partial charge in [0.05, 0.1) is 19.1 Å². The van der Waals surface area contributed by atoms with Crippen LogP contribution < -0.4 is 10.1 Å². The number of hydrogen-bond acceptors (Lipinski definition) is 6. The van der Waals surface area contributed by atoms with Crippen LogP contribution in [0.4, 0.5) is 0 Å². The summed E-state index contributed by atoms with van der Waals surface area (Å²) < 4.78 is 11.3. The van der Waals surface area contributed by atoms with E-state index in [-0.39, 0.29) is 11.8 Å². The Kier molecular flexibility index (Phi) is 8.90. The molecule has 1 saturated heterocycles. The molecule has 2 heterocycles. The zero-order valence-electron chi connectivity index (χ0n) is 20.8. The van der Waals surface area contributed by atoms with Crippen LogP contribution in [0.25, 0.3) is 11.4 Å². The van der Waals surface area contributed by atoms with E-state index in [1.807, 2.05) is 49.4 Å². The van der Waals surface area contributed by atoms with Gasteiger partial charge in [0, 0.05) is 18.7 Å². The largest absolute Gasteiger partial charge is 0.493 e. The molecule has 2 aromatic carbocycles. The minimum absolute atomic E-state index is 0.0110. The van der Waals surface area contributed by atoms with Gasteiger partial charge in [0.1, 0.15) is 5.75 Å². The zero-order valence-corrected chi connectivity index (χ0v) is 20.8. The third kappa shape index (κ3) is 7.15. The number of nitrogens with zero attached hydrogens (tertiary/aromatic N) is 3. The van der Waals surface area contributed by atoms with Gasteiger partial charge in [-0.25, -0.2) is 0 Å². The number of piperidine rings is 1. The van der Waals surface area contributed by atoms with E-state index in [9.17, 15) is 4.79 Å². The number of carbonyl (C=O) groups excluding carboxylic acids is 1. The van der Waals surface area contributed by atoms with Gasteiger partial charge in [0.25, 0.3) is 0 Å². The third-order valence-corrected chi connectivity index (χ3v) is 6.34. The molecule has 0 bridgehead atoms. The molecule has 1 N–H and O–H groups in total. The number of aromatic nitrogens is 2. The average Bonchev–Trinajstić information content (AvgIpc) is 3.34. The van der Waals surface area contributed by atoms with Crippen LogP contribution >= 0.6 is 0 Å². The van der Waals surface area contributed by atoms with Crippen molar-refractivity contribution in [3.05, 3.63) is 65.5 Å². The van der Waals surface area contributed by atoms with E-state index in [0.717, 1.165) is 62.1 Å². The molecule has 1 aliphatic heterocycles. The summed E-state index contributed by atoms with van der Waals surface area (Å²) in [7, 11) is 0. The van der Waals surface area contributed by atoms with E-state index in [2.05, 4.69) is 33.3 Å². The Morgan fingerprint density at radius 3 is 2.97 bits per heavy atom. The Morgan fingerprint density at radius 2 is 2.11 bits per heavy atom. The Bertz CT molecular complexity index is 1100. The summed E-state index contributed by atoms with van der Waals surface area (Å²) in [6.45, 7) is 7.75. The third-order valence-electron chi connectivity index (χ3n) is 6.34. The molecule has 3 aromatic rings. The van der Waals surface area contributed by atoms with E-state index in [1.165, 1.54) is 5.56 Å². The lowest BCUT2D eigenvalue weighted by Crippen LogP contribution is -2.43. The second-order valence-corrected chi connectivity index (χ2v) is 9.31. The topological polar surface area (TPSA) is 80.5 Å². The fourth-order valence-corrected chi connectivity index (χ4v) is 4.52. The molecule has 0 saturated carbocycles. The Hall–Kier alpha value is -3.19. The summed E-state index contributed by atoms with van der Waals surface area (Å²) in [6, 6.07) is 16.2. The second-order valence-electron chi connectivity index (χ2n) is 9.31. The molecule has 4 rings (SSSR count). The number of benzene rings is 2. The number of amides is 1. The second kappa shape index (κ2) is 12.5. The van der Waals surface area contributed by atoms with Gasteiger partial charge in [0.2, 0.25) is 17.6 Å². The highest BCUT2D eigenvalue weighted by molar-refractivity contribution is 5.78. The van der Waals surface area contributed by atoms with Crippen LogP contribution in [0.15, 0.2) is 53.1 Å². The van der Waals surface area contributed by atoms with Crippen molar-refractivity contribution in [3.63, 3.8) is 0 Å². The van der Waals surface area contributed by atoms with E-state index in [4.69, 9.17) is 9.26 Å². The SMILES string of the molecule is CCCOc1ccccc1CCCNC(=O)C1CCCN(Cc2nc(-c3cccc(C)c3)no2)C1. The first kappa shape index (κ1) is 24.9. The first-order valence-corrected chi connectivity index (χ1v) is 12.7. The van der Waals surface area contributed by atoms with Gasteiger partial charge in [0.15, 0.2) is 0 Å². The summed E-state index contributed by atoms with van der Waals surface area (Å²) in [5.74, 6) is 2.28. The average molecular weight is 477 g/mol. The van der Waals surface area contributed by atoms with Crippen molar-refractivity contribution in [1.82, 2.24) is 20.4 Å². The van der Waals surface area contributed by atoms with Crippen molar-refractivity contribution in [2.75, 3.05) is 26.2 Å². The maximum absolute atomic E-state index is 12.8. The molecule has 1 fully saturated rings. The Morgan fingerprint density at radius 1 is 1.23 bits per heavy atom. The molecule has 1 amide bonds.